The van der Waals surface area contributed by atoms with Crippen LogP contribution >= 0.6 is 12.4 Å². The van der Waals surface area contributed by atoms with Gasteiger partial charge in [0.2, 0.25) is 0 Å². The fourth-order valence-electron chi connectivity index (χ4n) is 1.77. The summed E-state index contributed by atoms with van der Waals surface area (Å²) in [5.74, 6) is 0.743. The van der Waals surface area contributed by atoms with Gasteiger partial charge < -0.3 is 5.32 Å². The zero-order valence-corrected chi connectivity index (χ0v) is 12.0. The molecule has 112 valence electrons. The molecule has 20 heavy (non-hydrogen) atoms. The molecule has 2 rings (SSSR count). The number of hydrogen-bond donors (Lipinski definition) is 1. The van der Waals surface area contributed by atoms with Gasteiger partial charge >= 0.3 is 6.18 Å². The van der Waals surface area contributed by atoms with Crippen molar-refractivity contribution < 1.29 is 13.2 Å². The molecular weight excluding hydrogens is 295 g/mol. The molecule has 5 nitrogen and oxygen atoms in total. The topological polar surface area (TPSA) is 47.7 Å². The number of nitrogens with zero attached hydrogens (tertiary/aromatic N) is 4. The summed E-state index contributed by atoms with van der Waals surface area (Å²) in [5, 5.41) is 10.6. The lowest BCUT2D eigenvalue weighted by Crippen LogP contribution is -2.08. The summed E-state index contributed by atoms with van der Waals surface area (Å²) < 4.78 is 40.4. The van der Waals surface area contributed by atoms with E-state index in [1.54, 1.807) is 11.7 Å². The number of aromatic nitrogens is 4. The van der Waals surface area contributed by atoms with Gasteiger partial charge in [-0.2, -0.15) is 23.4 Å². The second-order valence-corrected chi connectivity index (χ2v) is 4.29. The Morgan fingerprint density at radius 2 is 1.80 bits per heavy atom. The molecule has 0 saturated heterocycles. The van der Waals surface area contributed by atoms with Crippen LogP contribution in [0.3, 0.4) is 0 Å². The summed E-state index contributed by atoms with van der Waals surface area (Å²) in [4.78, 5) is 0. The van der Waals surface area contributed by atoms with Gasteiger partial charge in [-0.25, -0.2) is 0 Å². The number of alkyl halides is 3. The van der Waals surface area contributed by atoms with Gasteiger partial charge in [-0.05, 0) is 13.0 Å². The molecule has 0 spiro atoms. The molecule has 0 bridgehead atoms. The molecule has 0 aromatic carbocycles. The molecular formula is C11H15ClF3N5. The van der Waals surface area contributed by atoms with E-state index in [1.807, 2.05) is 13.0 Å². The first kappa shape index (κ1) is 16.4. The lowest BCUT2D eigenvalue weighted by Gasteiger charge is -2.06. The van der Waals surface area contributed by atoms with E-state index in [2.05, 4.69) is 15.5 Å². The molecule has 0 saturated carbocycles. The van der Waals surface area contributed by atoms with Crippen LogP contribution in [0.25, 0.3) is 0 Å². The van der Waals surface area contributed by atoms with Gasteiger partial charge in [0, 0.05) is 20.2 Å². The average Bonchev–Trinajstić information content (AvgIpc) is 2.79. The molecule has 2 aromatic rings. The van der Waals surface area contributed by atoms with E-state index in [4.69, 9.17) is 0 Å². The molecule has 0 radical (unpaired) electrons. The maximum absolute atomic E-state index is 12.5. The molecule has 0 aliphatic carbocycles. The highest BCUT2D eigenvalue weighted by Crippen LogP contribution is 2.28. The van der Waals surface area contributed by atoms with Gasteiger partial charge in [-0.3, -0.25) is 9.36 Å². The highest BCUT2D eigenvalue weighted by molar-refractivity contribution is 5.85. The van der Waals surface area contributed by atoms with E-state index in [1.165, 1.54) is 11.7 Å². The van der Waals surface area contributed by atoms with Crippen LogP contribution in [0.5, 0.6) is 0 Å². The second kappa shape index (κ2) is 5.74. The summed E-state index contributed by atoms with van der Waals surface area (Å²) >= 11 is 0. The minimum absolute atomic E-state index is 0. The van der Waals surface area contributed by atoms with Crippen LogP contribution in [-0.2, 0) is 26.8 Å². The Balaban J connectivity index is 0.00000200. The van der Waals surface area contributed by atoms with Crippen molar-refractivity contribution in [2.45, 2.75) is 19.6 Å². The molecule has 0 fully saturated rings. The Bertz CT molecular complexity index is 587. The minimum atomic E-state index is -4.42. The highest BCUT2D eigenvalue weighted by Gasteiger charge is 2.34. The molecule has 1 N–H and O–H groups in total. The van der Waals surface area contributed by atoms with Gasteiger partial charge in [0.05, 0.1) is 17.9 Å². The maximum atomic E-state index is 12.5. The summed E-state index contributed by atoms with van der Waals surface area (Å²) in [6, 6.07) is 2.86. The van der Waals surface area contributed by atoms with Crippen LogP contribution in [0.1, 0.15) is 17.1 Å². The van der Waals surface area contributed by atoms with Crippen LogP contribution in [0, 0.1) is 6.92 Å². The molecule has 0 aliphatic rings. The molecule has 0 unspecified atom stereocenters. The van der Waals surface area contributed by atoms with Crippen molar-refractivity contribution in [2.24, 2.45) is 14.1 Å². The van der Waals surface area contributed by atoms with Crippen molar-refractivity contribution >= 4 is 18.2 Å². The molecule has 0 amide bonds. The van der Waals surface area contributed by atoms with Gasteiger partial charge in [0.1, 0.15) is 5.82 Å². The van der Waals surface area contributed by atoms with Crippen LogP contribution in [0.4, 0.5) is 19.0 Å². The average molecular weight is 310 g/mol. The smallest absolute Gasteiger partial charge is 0.365 e. The Hall–Kier alpha value is -1.70. The first-order chi connectivity index (χ1) is 8.77. The summed E-state index contributed by atoms with van der Waals surface area (Å²) in [6.45, 7) is 2.09. The van der Waals surface area contributed by atoms with Crippen molar-refractivity contribution in [3.05, 3.63) is 29.2 Å². The van der Waals surface area contributed by atoms with E-state index in [0.717, 1.165) is 17.6 Å². The van der Waals surface area contributed by atoms with Crippen LogP contribution in [0.15, 0.2) is 12.1 Å². The van der Waals surface area contributed by atoms with E-state index in [-0.39, 0.29) is 19.0 Å². The Morgan fingerprint density at radius 3 is 2.25 bits per heavy atom. The first-order valence-corrected chi connectivity index (χ1v) is 5.62. The van der Waals surface area contributed by atoms with E-state index < -0.39 is 11.9 Å². The summed E-state index contributed by atoms with van der Waals surface area (Å²) in [5.41, 5.74) is 0.408. The lowest BCUT2D eigenvalue weighted by molar-refractivity contribution is -0.141. The number of hydrogen-bond acceptors (Lipinski definition) is 3. The van der Waals surface area contributed by atoms with Crippen molar-refractivity contribution in [1.82, 2.24) is 19.6 Å². The monoisotopic (exact) mass is 309 g/mol. The van der Waals surface area contributed by atoms with E-state index >= 15 is 0 Å². The maximum Gasteiger partial charge on any atom is 0.435 e. The molecule has 9 heteroatoms. The van der Waals surface area contributed by atoms with Crippen molar-refractivity contribution in [3.63, 3.8) is 0 Å². The fraction of sp³-hybridized carbons (Fsp3) is 0.455. The van der Waals surface area contributed by atoms with Crippen molar-refractivity contribution in [3.8, 4) is 0 Å². The van der Waals surface area contributed by atoms with Crippen molar-refractivity contribution in [2.75, 3.05) is 5.32 Å². The molecule has 0 atom stereocenters. The number of aryl methyl sites for hydroxylation is 3. The highest BCUT2D eigenvalue weighted by atomic mass is 35.5. The molecule has 2 aromatic heterocycles. The zero-order valence-electron chi connectivity index (χ0n) is 11.2. The Morgan fingerprint density at radius 1 is 1.15 bits per heavy atom. The fourth-order valence-corrected chi connectivity index (χ4v) is 1.77. The first-order valence-electron chi connectivity index (χ1n) is 5.62. The molecule has 2 heterocycles. The van der Waals surface area contributed by atoms with Crippen LogP contribution < -0.4 is 5.32 Å². The number of rotatable bonds is 3. The second-order valence-electron chi connectivity index (χ2n) is 4.29. The van der Waals surface area contributed by atoms with Gasteiger partial charge in [-0.15, -0.1) is 12.4 Å². The van der Waals surface area contributed by atoms with E-state index in [0.29, 0.717) is 5.69 Å². The lowest BCUT2D eigenvalue weighted by atomic mass is 10.3. The predicted molar refractivity (Wildman–Crippen MR) is 70.7 cm³/mol. The van der Waals surface area contributed by atoms with Gasteiger partial charge in [0.15, 0.2) is 5.69 Å². The zero-order chi connectivity index (χ0) is 14.2. The Labute approximate surface area is 120 Å². The Kier molecular flexibility index (Phi) is 4.69. The standard InChI is InChI=1S/C11H14F3N5.ClH/c1-7-4-10(19(3)16-7)15-6-8-5-9(11(12,13)14)17-18(8)2;/h4-5,15H,6H2,1-3H3;1H. The van der Waals surface area contributed by atoms with Gasteiger partial charge in [-0.1, -0.05) is 0 Å². The normalized spacial score (nSPS) is 11.3. The number of nitrogens with one attached hydrogen (secondary N) is 1. The molecule has 0 aliphatic heterocycles. The van der Waals surface area contributed by atoms with Crippen LogP contribution in [0.2, 0.25) is 0 Å². The third-order valence-electron chi connectivity index (χ3n) is 2.72. The van der Waals surface area contributed by atoms with Crippen molar-refractivity contribution in [1.29, 1.82) is 0 Å². The minimum Gasteiger partial charge on any atom is -0.365 e. The van der Waals surface area contributed by atoms with Crippen LogP contribution in [-0.4, -0.2) is 19.6 Å². The van der Waals surface area contributed by atoms with E-state index in [9.17, 15) is 13.2 Å². The number of halogens is 4. The largest absolute Gasteiger partial charge is 0.435 e. The SMILES string of the molecule is Cc1cc(NCc2cc(C(F)(F)F)nn2C)n(C)n1.Cl. The number of anilines is 1. The van der Waals surface area contributed by atoms with Gasteiger partial charge in [0.25, 0.3) is 0 Å². The summed E-state index contributed by atoms with van der Waals surface area (Å²) in [7, 11) is 3.25. The summed E-state index contributed by atoms with van der Waals surface area (Å²) in [6.07, 6.45) is -4.42. The third kappa shape index (κ3) is 3.44. The predicted octanol–water partition coefficient (Wildman–Crippen LogP) is 2.51. The third-order valence-corrected chi connectivity index (χ3v) is 2.72. The quantitative estimate of drug-likeness (QED) is 0.947.